The van der Waals surface area contributed by atoms with Crippen LogP contribution in [0.5, 0.6) is 17.2 Å². The highest BCUT2D eigenvalue weighted by molar-refractivity contribution is 9.10. The minimum absolute atomic E-state index is 0.201. The van der Waals surface area contributed by atoms with Gasteiger partial charge in [0.25, 0.3) is 5.91 Å². The van der Waals surface area contributed by atoms with Gasteiger partial charge in [-0.3, -0.25) is 4.79 Å². The van der Waals surface area contributed by atoms with Crippen molar-refractivity contribution < 1.29 is 28.5 Å². The van der Waals surface area contributed by atoms with Crippen LogP contribution in [0.1, 0.15) is 22.8 Å². The third-order valence-electron chi connectivity index (χ3n) is 3.68. The van der Waals surface area contributed by atoms with Crippen LogP contribution in [0.4, 0.5) is 0 Å². The maximum absolute atomic E-state index is 12.4. The summed E-state index contributed by atoms with van der Waals surface area (Å²) in [6.45, 7) is 1.65. The molecular formula is C20H20BrClN2O6. The molecule has 0 aliphatic rings. The minimum Gasteiger partial charge on any atom is -0.496 e. The van der Waals surface area contributed by atoms with E-state index in [0.29, 0.717) is 22.6 Å². The molecule has 0 atom stereocenters. The van der Waals surface area contributed by atoms with Crippen molar-refractivity contribution in [2.45, 2.75) is 6.92 Å². The highest BCUT2D eigenvalue weighted by atomic mass is 79.9. The molecule has 0 aliphatic carbocycles. The van der Waals surface area contributed by atoms with E-state index in [0.717, 1.165) is 4.47 Å². The third-order valence-corrected chi connectivity index (χ3v) is 4.45. The number of nitrogens with zero attached hydrogens (tertiary/aromatic N) is 1. The first kappa shape index (κ1) is 23.5. The van der Waals surface area contributed by atoms with Crippen molar-refractivity contribution in [1.82, 2.24) is 5.43 Å². The third kappa shape index (κ3) is 6.36. The molecule has 2 aromatic rings. The highest BCUT2D eigenvalue weighted by Gasteiger charge is 2.15. The average Bonchev–Trinajstić information content (AvgIpc) is 2.72. The molecule has 0 unspecified atom stereocenters. The Morgan fingerprint density at radius 3 is 2.57 bits per heavy atom. The molecule has 0 saturated heterocycles. The Kier molecular flexibility index (Phi) is 8.94. The summed E-state index contributed by atoms with van der Waals surface area (Å²) in [5.74, 6) is -0.0528. The SMILES string of the molecule is CCOC(=O)COc1c(Cl)cc(/C=N\NC(=O)c2cc(Br)ccc2OC)cc1OC. The molecule has 160 valence electrons. The first-order chi connectivity index (χ1) is 14.4. The normalized spacial score (nSPS) is 10.6. The molecule has 2 rings (SSSR count). The molecule has 0 bridgehead atoms. The van der Waals surface area contributed by atoms with Crippen LogP contribution in [0.3, 0.4) is 0 Å². The lowest BCUT2D eigenvalue weighted by Gasteiger charge is -2.12. The van der Waals surface area contributed by atoms with Gasteiger partial charge in [0.05, 0.1) is 37.6 Å². The van der Waals surface area contributed by atoms with Crippen molar-refractivity contribution in [1.29, 1.82) is 0 Å². The van der Waals surface area contributed by atoms with Gasteiger partial charge in [-0.1, -0.05) is 27.5 Å². The lowest BCUT2D eigenvalue weighted by atomic mass is 10.2. The van der Waals surface area contributed by atoms with Gasteiger partial charge >= 0.3 is 5.97 Å². The van der Waals surface area contributed by atoms with Crippen LogP contribution in [0, 0.1) is 0 Å². The molecule has 0 spiro atoms. The highest BCUT2D eigenvalue weighted by Crippen LogP contribution is 2.36. The Bertz CT molecular complexity index is 951. The quantitative estimate of drug-likeness (QED) is 0.320. The van der Waals surface area contributed by atoms with Gasteiger partial charge in [-0.2, -0.15) is 5.10 Å². The van der Waals surface area contributed by atoms with Gasteiger partial charge in [-0.05, 0) is 42.8 Å². The number of rotatable bonds is 9. The van der Waals surface area contributed by atoms with Crippen LogP contribution in [0.2, 0.25) is 5.02 Å². The van der Waals surface area contributed by atoms with Crippen LogP contribution in [0.25, 0.3) is 0 Å². The van der Waals surface area contributed by atoms with Gasteiger partial charge in [0.2, 0.25) is 0 Å². The zero-order valence-corrected chi connectivity index (χ0v) is 18.9. The van der Waals surface area contributed by atoms with Gasteiger partial charge < -0.3 is 18.9 Å². The van der Waals surface area contributed by atoms with Crippen LogP contribution in [-0.2, 0) is 9.53 Å². The van der Waals surface area contributed by atoms with Crippen LogP contribution in [-0.4, -0.2) is 45.5 Å². The lowest BCUT2D eigenvalue weighted by Crippen LogP contribution is -2.18. The predicted octanol–water partition coefficient (Wildman–Crippen LogP) is 3.83. The number of methoxy groups -OCH3 is 2. The van der Waals surface area contributed by atoms with Gasteiger partial charge in [0.15, 0.2) is 18.1 Å². The van der Waals surface area contributed by atoms with Crippen molar-refractivity contribution in [3.8, 4) is 17.2 Å². The zero-order valence-electron chi connectivity index (χ0n) is 16.5. The van der Waals surface area contributed by atoms with E-state index >= 15 is 0 Å². The van der Waals surface area contributed by atoms with Crippen molar-refractivity contribution >= 4 is 45.6 Å². The molecule has 0 fully saturated rings. The average molecular weight is 500 g/mol. The number of nitrogens with one attached hydrogen (secondary N) is 1. The summed E-state index contributed by atoms with van der Waals surface area (Å²) in [7, 11) is 2.91. The summed E-state index contributed by atoms with van der Waals surface area (Å²) >= 11 is 9.56. The number of carbonyl (C=O) groups excluding carboxylic acids is 2. The number of benzene rings is 2. The molecule has 10 heteroatoms. The second-order valence-corrected chi connectivity index (χ2v) is 6.99. The predicted molar refractivity (Wildman–Crippen MR) is 116 cm³/mol. The second kappa shape index (κ2) is 11.4. The smallest absolute Gasteiger partial charge is 0.344 e. The molecule has 1 N–H and O–H groups in total. The summed E-state index contributed by atoms with van der Waals surface area (Å²) in [5, 5.41) is 4.15. The fourth-order valence-corrected chi connectivity index (χ4v) is 3.01. The zero-order chi connectivity index (χ0) is 22.1. The van der Waals surface area contributed by atoms with Crippen LogP contribution < -0.4 is 19.6 Å². The number of ether oxygens (including phenoxy) is 4. The number of carbonyl (C=O) groups is 2. The number of halogens is 2. The number of hydrazone groups is 1. The monoisotopic (exact) mass is 498 g/mol. The summed E-state index contributed by atoms with van der Waals surface area (Å²) < 4.78 is 21.4. The summed E-state index contributed by atoms with van der Waals surface area (Å²) in [5.41, 5.74) is 3.29. The summed E-state index contributed by atoms with van der Waals surface area (Å²) in [6.07, 6.45) is 1.39. The number of esters is 1. The van der Waals surface area contributed by atoms with E-state index in [4.69, 9.17) is 30.5 Å². The lowest BCUT2D eigenvalue weighted by molar-refractivity contribution is -0.145. The van der Waals surface area contributed by atoms with Gasteiger partial charge in [-0.15, -0.1) is 0 Å². The van der Waals surface area contributed by atoms with Crippen molar-refractivity contribution in [2.24, 2.45) is 5.10 Å². The van der Waals surface area contributed by atoms with Gasteiger partial charge in [0.1, 0.15) is 5.75 Å². The minimum atomic E-state index is -0.521. The molecule has 8 nitrogen and oxygen atoms in total. The van der Waals surface area contributed by atoms with Crippen LogP contribution >= 0.6 is 27.5 Å². The molecule has 0 saturated carbocycles. The Hall–Kier alpha value is -2.78. The van der Waals surface area contributed by atoms with Crippen molar-refractivity contribution in [3.63, 3.8) is 0 Å². The number of amides is 1. The fourth-order valence-electron chi connectivity index (χ4n) is 2.37. The van der Waals surface area contributed by atoms with E-state index in [1.807, 2.05) is 0 Å². The summed E-state index contributed by atoms with van der Waals surface area (Å²) in [6, 6.07) is 8.21. The maximum atomic E-state index is 12.4. The van der Waals surface area contributed by atoms with E-state index in [1.165, 1.54) is 20.4 Å². The van der Waals surface area contributed by atoms with E-state index in [1.54, 1.807) is 37.3 Å². The van der Waals surface area contributed by atoms with Gasteiger partial charge in [0, 0.05) is 4.47 Å². The van der Waals surface area contributed by atoms with Crippen LogP contribution in [0.15, 0.2) is 39.9 Å². The Morgan fingerprint density at radius 2 is 1.90 bits per heavy atom. The van der Waals surface area contributed by atoms with E-state index in [-0.39, 0.29) is 24.0 Å². The Balaban J connectivity index is 2.12. The summed E-state index contributed by atoms with van der Waals surface area (Å²) in [4.78, 5) is 23.9. The first-order valence-corrected chi connectivity index (χ1v) is 9.89. The molecule has 1 amide bonds. The number of hydrogen-bond donors (Lipinski definition) is 1. The molecule has 2 aromatic carbocycles. The molecule has 0 heterocycles. The molecular weight excluding hydrogens is 480 g/mol. The molecule has 0 radical (unpaired) electrons. The Labute approximate surface area is 187 Å². The van der Waals surface area contributed by atoms with E-state index in [2.05, 4.69) is 26.5 Å². The van der Waals surface area contributed by atoms with Crippen molar-refractivity contribution in [2.75, 3.05) is 27.4 Å². The standard InChI is InChI=1S/C20H20BrClN2O6/c1-4-29-18(25)11-30-19-15(22)7-12(8-17(19)28-3)10-23-24-20(26)14-9-13(21)5-6-16(14)27-2/h5-10H,4,11H2,1-3H3,(H,24,26)/b23-10-. The first-order valence-electron chi connectivity index (χ1n) is 8.72. The van der Waals surface area contributed by atoms with E-state index in [9.17, 15) is 9.59 Å². The number of hydrogen-bond acceptors (Lipinski definition) is 7. The second-order valence-electron chi connectivity index (χ2n) is 5.67. The van der Waals surface area contributed by atoms with Gasteiger partial charge in [-0.25, -0.2) is 10.2 Å². The molecule has 30 heavy (non-hydrogen) atoms. The topological polar surface area (TPSA) is 95.5 Å². The van der Waals surface area contributed by atoms with Crippen molar-refractivity contribution in [3.05, 3.63) is 51.0 Å². The maximum Gasteiger partial charge on any atom is 0.344 e. The fraction of sp³-hybridized carbons (Fsp3) is 0.250. The molecule has 0 aromatic heterocycles. The largest absolute Gasteiger partial charge is 0.496 e. The Morgan fingerprint density at radius 1 is 1.17 bits per heavy atom. The van der Waals surface area contributed by atoms with E-state index < -0.39 is 11.9 Å². The molecule has 0 aliphatic heterocycles.